The van der Waals surface area contributed by atoms with E-state index in [4.69, 9.17) is 4.74 Å². The average Bonchev–Trinajstić information content (AvgIpc) is 3.27. The second kappa shape index (κ2) is 8.90. The van der Waals surface area contributed by atoms with E-state index in [2.05, 4.69) is 27.8 Å². The molecule has 0 aliphatic carbocycles. The van der Waals surface area contributed by atoms with Crippen molar-refractivity contribution in [3.05, 3.63) is 71.5 Å². The molecule has 0 spiro atoms. The summed E-state index contributed by atoms with van der Waals surface area (Å²) in [5, 5.41) is 13.7. The highest BCUT2D eigenvalue weighted by Gasteiger charge is 2.13. The fraction of sp³-hybridized carbons (Fsp3) is 0.250. The minimum Gasteiger partial charge on any atom is -0.452 e. The van der Waals surface area contributed by atoms with Crippen LogP contribution in [0.2, 0.25) is 0 Å². The lowest BCUT2D eigenvalue weighted by Crippen LogP contribution is -2.31. The van der Waals surface area contributed by atoms with Crippen LogP contribution in [0.25, 0.3) is 5.69 Å². The summed E-state index contributed by atoms with van der Waals surface area (Å²) in [5.74, 6) is -0.927. The molecule has 3 rings (SSSR count). The van der Waals surface area contributed by atoms with Crippen molar-refractivity contribution >= 4 is 11.9 Å². The standard InChI is InChI=1S/C20H21N5O3/c1-3-15-4-6-16(7-5-15)14(2)22-19(26)12-28-20(27)17-8-10-18(11-9-17)25-13-21-23-24-25/h4-11,13-14H,3,12H2,1-2H3,(H,22,26)/t14-/m1/s1. The number of carbonyl (C=O) groups excluding carboxylic acids is 2. The van der Waals surface area contributed by atoms with Gasteiger partial charge < -0.3 is 10.1 Å². The zero-order valence-corrected chi connectivity index (χ0v) is 15.7. The summed E-state index contributed by atoms with van der Waals surface area (Å²) in [4.78, 5) is 24.2. The molecule has 2 aromatic carbocycles. The first-order valence-electron chi connectivity index (χ1n) is 8.95. The second-order valence-corrected chi connectivity index (χ2v) is 6.26. The Bertz CT molecular complexity index is 921. The fourth-order valence-corrected chi connectivity index (χ4v) is 2.65. The molecule has 144 valence electrons. The van der Waals surface area contributed by atoms with Gasteiger partial charge in [-0.2, -0.15) is 0 Å². The van der Waals surface area contributed by atoms with Crippen molar-refractivity contribution in [3.63, 3.8) is 0 Å². The summed E-state index contributed by atoms with van der Waals surface area (Å²) < 4.78 is 6.56. The van der Waals surface area contributed by atoms with Crippen molar-refractivity contribution in [2.75, 3.05) is 6.61 Å². The largest absolute Gasteiger partial charge is 0.452 e. The van der Waals surface area contributed by atoms with Crippen LogP contribution in [0.1, 0.15) is 41.4 Å². The van der Waals surface area contributed by atoms with Crippen LogP contribution in [0.3, 0.4) is 0 Å². The van der Waals surface area contributed by atoms with E-state index in [1.54, 1.807) is 24.3 Å². The van der Waals surface area contributed by atoms with Crippen LogP contribution in [0.15, 0.2) is 54.9 Å². The number of aromatic nitrogens is 4. The Morgan fingerprint density at radius 2 is 1.82 bits per heavy atom. The maximum absolute atomic E-state index is 12.1. The molecule has 0 unspecified atom stereocenters. The third-order valence-corrected chi connectivity index (χ3v) is 4.32. The molecule has 3 aromatic rings. The molecule has 28 heavy (non-hydrogen) atoms. The second-order valence-electron chi connectivity index (χ2n) is 6.26. The van der Waals surface area contributed by atoms with Crippen LogP contribution in [-0.2, 0) is 16.0 Å². The van der Waals surface area contributed by atoms with Crippen LogP contribution in [0.5, 0.6) is 0 Å². The number of amides is 1. The Labute approximate surface area is 162 Å². The summed E-state index contributed by atoms with van der Waals surface area (Å²) in [7, 11) is 0. The van der Waals surface area contributed by atoms with E-state index in [1.807, 2.05) is 31.2 Å². The minimum absolute atomic E-state index is 0.173. The number of esters is 1. The van der Waals surface area contributed by atoms with Gasteiger partial charge in [-0.25, -0.2) is 9.48 Å². The van der Waals surface area contributed by atoms with Gasteiger partial charge in [-0.15, -0.1) is 5.10 Å². The van der Waals surface area contributed by atoms with Crippen molar-refractivity contribution in [1.29, 1.82) is 0 Å². The molecule has 8 nitrogen and oxygen atoms in total. The summed E-state index contributed by atoms with van der Waals surface area (Å²) in [5.41, 5.74) is 3.28. The monoisotopic (exact) mass is 379 g/mol. The molecule has 1 amide bonds. The highest BCUT2D eigenvalue weighted by molar-refractivity contribution is 5.91. The zero-order chi connectivity index (χ0) is 19.9. The molecule has 0 aliphatic heterocycles. The number of nitrogens with one attached hydrogen (secondary N) is 1. The topological polar surface area (TPSA) is 99.0 Å². The summed E-state index contributed by atoms with van der Waals surface area (Å²) in [6.45, 7) is 3.64. The Hall–Kier alpha value is -3.55. The van der Waals surface area contributed by atoms with Crippen molar-refractivity contribution < 1.29 is 14.3 Å². The van der Waals surface area contributed by atoms with Gasteiger partial charge in [0.05, 0.1) is 17.3 Å². The van der Waals surface area contributed by atoms with Gasteiger partial charge in [0.25, 0.3) is 5.91 Å². The molecule has 0 fully saturated rings. The number of hydrogen-bond acceptors (Lipinski definition) is 6. The molecule has 0 saturated carbocycles. The van der Waals surface area contributed by atoms with E-state index in [1.165, 1.54) is 16.6 Å². The first-order chi connectivity index (χ1) is 13.6. The van der Waals surface area contributed by atoms with E-state index in [0.717, 1.165) is 12.0 Å². The van der Waals surface area contributed by atoms with Crippen LogP contribution < -0.4 is 5.32 Å². The van der Waals surface area contributed by atoms with E-state index >= 15 is 0 Å². The van der Waals surface area contributed by atoms with E-state index in [9.17, 15) is 9.59 Å². The lowest BCUT2D eigenvalue weighted by atomic mass is 10.1. The summed E-state index contributed by atoms with van der Waals surface area (Å²) in [6.07, 6.45) is 2.42. The van der Waals surface area contributed by atoms with Crippen LogP contribution in [0, 0.1) is 0 Å². The predicted octanol–water partition coefficient (Wildman–Crippen LogP) is 2.26. The van der Waals surface area contributed by atoms with Gasteiger partial charge in [-0.3, -0.25) is 4.79 Å². The first kappa shape index (κ1) is 19.2. The van der Waals surface area contributed by atoms with Crippen LogP contribution in [0.4, 0.5) is 0 Å². The minimum atomic E-state index is -0.571. The highest BCUT2D eigenvalue weighted by atomic mass is 16.5. The van der Waals surface area contributed by atoms with Crippen molar-refractivity contribution in [1.82, 2.24) is 25.5 Å². The fourth-order valence-electron chi connectivity index (χ4n) is 2.65. The first-order valence-corrected chi connectivity index (χ1v) is 8.95. The molecule has 0 bridgehead atoms. The molecule has 8 heteroatoms. The molecule has 1 N–H and O–H groups in total. The molecule has 0 radical (unpaired) electrons. The third-order valence-electron chi connectivity index (χ3n) is 4.32. The van der Waals surface area contributed by atoms with Crippen LogP contribution in [-0.4, -0.2) is 38.7 Å². The van der Waals surface area contributed by atoms with Gasteiger partial charge in [-0.1, -0.05) is 31.2 Å². The third kappa shape index (κ3) is 4.79. The number of nitrogens with zero attached hydrogens (tertiary/aromatic N) is 4. The Balaban J connectivity index is 1.50. The predicted molar refractivity (Wildman–Crippen MR) is 102 cm³/mol. The molecule has 1 heterocycles. The highest BCUT2D eigenvalue weighted by Crippen LogP contribution is 2.14. The number of rotatable bonds is 7. The average molecular weight is 379 g/mol. The van der Waals surface area contributed by atoms with E-state index in [-0.39, 0.29) is 18.6 Å². The van der Waals surface area contributed by atoms with Crippen molar-refractivity contribution in [3.8, 4) is 5.69 Å². The Morgan fingerprint density at radius 1 is 1.11 bits per heavy atom. The maximum atomic E-state index is 12.1. The van der Waals surface area contributed by atoms with Gasteiger partial charge in [0.2, 0.25) is 0 Å². The number of hydrogen-bond donors (Lipinski definition) is 1. The molecule has 0 saturated heterocycles. The van der Waals surface area contributed by atoms with Gasteiger partial charge in [0.1, 0.15) is 6.33 Å². The van der Waals surface area contributed by atoms with E-state index in [0.29, 0.717) is 11.3 Å². The molecule has 1 atom stereocenters. The number of tetrazole rings is 1. The molecular weight excluding hydrogens is 358 g/mol. The molecule has 0 aliphatic rings. The zero-order valence-electron chi connectivity index (χ0n) is 15.7. The van der Waals surface area contributed by atoms with Gasteiger partial charge in [-0.05, 0) is 59.2 Å². The Morgan fingerprint density at radius 3 is 2.43 bits per heavy atom. The smallest absolute Gasteiger partial charge is 0.338 e. The van der Waals surface area contributed by atoms with Crippen molar-refractivity contribution in [2.45, 2.75) is 26.3 Å². The van der Waals surface area contributed by atoms with Gasteiger partial charge >= 0.3 is 5.97 Å². The maximum Gasteiger partial charge on any atom is 0.338 e. The Kier molecular flexibility index (Phi) is 6.11. The quantitative estimate of drug-likeness (QED) is 0.632. The molecule has 1 aromatic heterocycles. The van der Waals surface area contributed by atoms with Gasteiger partial charge in [0.15, 0.2) is 6.61 Å². The number of aryl methyl sites for hydroxylation is 1. The number of carbonyl (C=O) groups is 2. The number of benzene rings is 2. The van der Waals surface area contributed by atoms with Crippen molar-refractivity contribution in [2.24, 2.45) is 0 Å². The summed E-state index contributed by atoms with van der Waals surface area (Å²) >= 11 is 0. The summed E-state index contributed by atoms with van der Waals surface area (Å²) in [6, 6.07) is 14.4. The lowest BCUT2D eigenvalue weighted by Gasteiger charge is -2.15. The SMILES string of the molecule is CCc1ccc([C@@H](C)NC(=O)COC(=O)c2ccc(-n3cnnn3)cc2)cc1. The van der Waals surface area contributed by atoms with E-state index < -0.39 is 5.97 Å². The lowest BCUT2D eigenvalue weighted by molar-refractivity contribution is -0.124. The van der Waals surface area contributed by atoms with Crippen LogP contribution >= 0.6 is 0 Å². The normalized spacial score (nSPS) is 11.6. The molecular formula is C20H21N5O3. The van der Waals surface area contributed by atoms with Gasteiger partial charge in [0, 0.05) is 0 Å². The number of ether oxygens (including phenoxy) is 1.